The summed E-state index contributed by atoms with van der Waals surface area (Å²) in [5.41, 5.74) is 0. The first kappa shape index (κ1) is 11.3. The van der Waals surface area contributed by atoms with Crippen molar-refractivity contribution in [3.05, 3.63) is 12.4 Å². The van der Waals surface area contributed by atoms with E-state index in [1.165, 1.54) is 0 Å². The zero-order chi connectivity index (χ0) is 10.4. The molecule has 1 aromatic heterocycles. The highest BCUT2D eigenvalue weighted by molar-refractivity contribution is 7.99. The molecule has 0 aliphatic carbocycles. The van der Waals surface area contributed by atoms with Crippen molar-refractivity contribution in [3.8, 4) is 0 Å². The van der Waals surface area contributed by atoms with Gasteiger partial charge >= 0.3 is 0 Å². The number of aromatic nitrogens is 2. The molecule has 4 heteroatoms. The Balaban J connectivity index is 2.63. The van der Waals surface area contributed by atoms with Crippen molar-refractivity contribution >= 4 is 17.6 Å². The van der Waals surface area contributed by atoms with Crippen LogP contribution in [-0.2, 0) is 0 Å². The number of hydrogen-bond acceptors (Lipinski definition) is 4. The lowest BCUT2D eigenvalue weighted by Crippen LogP contribution is -2.00. The zero-order valence-electron chi connectivity index (χ0n) is 8.95. The Morgan fingerprint density at radius 1 is 1.43 bits per heavy atom. The minimum Gasteiger partial charge on any atom is -0.370 e. The monoisotopic (exact) mass is 211 g/mol. The average molecular weight is 211 g/mol. The van der Waals surface area contributed by atoms with Crippen molar-refractivity contribution in [2.75, 3.05) is 11.9 Å². The van der Waals surface area contributed by atoms with Crippen molar-refractivity contribution < 1.29 is 0 Å². The molecule has 78 valence electrons. The SMILES string of the molecule is CCNc1cc(SC(C)CC)ncn1. The Morgan fingerprint density at radius 2 is 2.21 bits per heavy atom. The van der Waals surface area contributed by atoms with Crippen LogP contribution in [0.2, 0.25) is 0 Å². The molecule has 1 N–H and O–H groups in total. The van der Waals surface area contributed by atoms with E-state index in [9.17, 15) is 0 Å². The quantitative estimate of drug-likeness (QED) is 0.600. The Labute approximate surface area is 89.7 Å². The van der Waals surface area contributed by atoms with Gasteiger partial charge in [0.2, 0.25) is 0 Å². The summed E-state index contributed by atoms with van der Waals surface area (Å²) >= 11 is 1.79. The maximum atomic E-state index is 4.22. The first-order valence-corrected chi connectivity index (χ1v) is 5.86. The van der Waals surface area contributed by atoms with Gasteiger partial charge in [0.25, 0.3) is 0 Å². The van der Waals surface area contributed by atoms with Crippen LogP contribution in [-0.4, -0.2) is 21.8 Å². The predicted molar refractivity (Wildman–Crippen MR) is 61.8 cm³/mol. The topological polar surface area (TPSA) is 37.8 Å². The van der Waals surface area contributed by atoms with E-state index in [1.807, 2.05) is 6.07 Å². The second-order valence-corrected chi connectivity index (χ2v) is 4.57. The molecule has 0 saturated heterocycles. The first-order chi connectivity index (χ1) is 6.76. The molecule has 0 aliphatic rings. The lowest BCUT2D eigenvalue weighted by Gasteiger charge is -2.08. The van der Waals surface area contributed by atoms with E-state index in [0.29, 0.717) is 5.25 Å². The Morgan fingerprint density at radius 3 is 2.86 bits per heavy atom. The van der Waals surface area contributed by atoms with Gasteiger partial charge in [-0.1, -0.05) is 13.8 Å². The summed E-state index contributed by atoms with van der Waals surface area (Å²) in [5, 5.41) is 4.83. The Bertz CT molecular complexity index is 278. The van der Waals surface area contributed by atoms with E-state index in [1.54, 1.807) is 18.1 Å². The molecule has 1 heterocycles. The van der Waals surface area contributed by atoms with Gasteiger partial charge in [-0.05, 0) is 13.3 Å². The van der Waals surface area contributed by atoms with Crippen molar-refractivity contribution in [3.63, 3.8) is 0 Å². The van der Waals surface area contributed by atoms with Gasteiger partial charge in [-0.3, -0.25) is 0 Å². The van der Waals surface area contributed by atoms with Crippen LogP contribution in [0, 0.1) is 0 Å². The van der Waals surface area contributed by atoms with E-state index < -0.39 is 0 Å². The minimum atomic E-state index is 0.611. The van der Waals surface area contributed by atoms with Gasteiger partial charge in [0.15, 0.2) is 0 Å². The highest BCUT2D eigenvalue weighted by Gasteiger charge is 2.03. The molecular formula is C10H17N3S. The molecule has 1 rings (SSSR count). The van der Waals surface area contributed by atoms with Crippen LogP contribution >= 0.6 is 11.8 Å². The van der Waals surface area contributed by atoms with Crippen molar-refractivity contribution in [1.82, 2.24) is 9.97 Å². The molecule has 0 amide bonds. The zero-order valence-corrected chi connectivity index (χ0v) is 9.77. The molecule has 0 aromatic carbocycles. The third-order valence-corrected chi connectivity index (χ3v) is 3.10. The summed E-state index contributed by atoms with van der Waals surface area (Å²) < 4.78 is 0. The van der Waals surface area contributed by atoms with Crippen molar-refractivity contribution in [1.29, 1.82) is 0 Å². The molecule has 1 atom stereocenters. The third-order valence-electron chi connectivity index (χ3n) is 1.90. The van der Waals surface area contributed by atoms with E-state index in [2.05, 4.69) is 36.1 Å². The van der Waals surface area contributed by atoms with Crippen LogP contribution < -0.4 is 5.32 Å². The van der Waals surface area contributed by atoms with Gasteiger partial charge in [0.05, 0.1) is 0 Å². The molecule has 3 nitrogen and oxygen atoms in total. The Hall–Kier alpha value is -0.770. The summed E-state index contributed by atoms with van der Waals surface area (Å²) in [4.78, 5) is 8.35. The first-order valence-electron chi connectivity index (χ1n) is 4.98. The summed E-state index contributed by atoms with van der Waals surface area (Å²) in [6.45, 7) is 7.35. The van der Waals surface area contributed by atoms with Gasteiger partial charge in [0, 0.05) is 17.9 Å². The summed E-state index contributed by atoms with van der Waals surface area (Å²) in [5.74, 6) is 0.910. The highest BCUT2D eigenvalue weighted by atomic mass is 32.2. The van der Waals surface area contributed by atoms with Gasteiger partial charge in [0.1, 0.15) is 17.2 Å². The molecule has 0 fully saturated rings. The summed E-state index contributed by atoms with van der Waals surface area (Å²) in [6, 6.07) is 2.00. The third kappa shape index (κ3) is 3.54. The predicted octanol–water partition coefficient (Wildman–Crippen LogP) is 2.80. The fraction of sp³-hybridized carbons (Fsp3) is 0.600. The van der Waals surface area contributed by atoms with E-state index >= 15 is 0 Å². The fourth-order valence-electron chi connectivity index (χ4n) is 0.971. The van der Waals surface area contributed by atoms with Gasteiger partial charge < -0.3 is 5.32 Å². The number of nitrogens with one attached hydrogen (secondary N) is 1. The number of nitrogens with zero attached hydrogens (tertiary/aromatic N) is 2. The lowest BCUT2D eigenvalue weighted by molar-refractivity contribution is 0.898. The van der Waals surface area contributed by atoms with Crippen molar-refractivity contribution in [2.45, 2.75) is 37.5 Å². The molecule has 0 bridgehead atoms. The van der Waals surface area contributed by atoms with Crippen LogP contribution in [0.5, 0.6) is 0 Å². The second-order valence-electron chi connectivity index (χ2n) is 3.11. The van der Waals surface area contributed by atoms with Gasteiger partial charge in [-0.15, -0.1) is 11.8 Å². The molecular weight excluding hydrogens is 194 g/mol. The molecule has 0 radical (unpaired) electrons. The molecule has 14 heavy (non-hydrogen) atoms. The van der Waals surface area contributed by atoms with E-state index in [-0.39, 0.29) is 0 Å². The Kier molecular flexibility index (Phi) is 4.73. The number of rotatable bonds is 5. The molecule has 1 unspecified atom stereocenters. The maximum Gasteiger partial charge on any atom is 0.130 e. The second kappa shape index (κ2) is 5.86. The molecule has 0 aliphatic heterocycles. The van der Waals surface area contributed by atoms with Crippen LogP contribution in [0.25, 0.3) is 0 Å². The smallest absolute Gasteiger partial charge is 0.130 e. The van der Waals surface area contributed by atoms with Gasteiger partial charge in [-0.25, -0.2) is 9.97 Å². The van der Waals surface area contributed by atoms with Crippen LogP contribution in [0.15, 0.2) is 17.4 Å². The maximum absolute atomic E-state index is 4.22. The van der Waals surface area contributed by atoms with Crippen LogP contribution in [0.4, 0.5) is 5.82 Å². The van der Waals surface area contributed by atoms with E-state index in [0.717, 1.165) is 23.8 Å². The largest absolute Gasteiger partial charge is 0.370 e. The van der Waals surface area contributed by atoms with Gasteiger partial charge in [-0.2, -0.15) is 0 Å². The van der Waals surface area contributed by atoms with E-state index in [4.69, 9.17) is 0 Å². The molecule has 0 saturated carbocycles. The molecule has 1 aromatic rings. The number of hydrogen-bond donors (Lipinski definition) is 1. The normalized spacial score (nSPS) is 12.5. The number of thioether (sulfide) groups is 1. The number of anilines is 1. The van der Waals surface area contributed by atoms with Crippen molar-refractivity contribution in [2.24, 2.45) is 0 Å². The minimum absolute atomic E-state index is 0.611. The fourth-order valence-corrected chi connectivity index (χ4v) is 1.84. The lowest BCUT2D eigenvalue weighted by atomic mass is 10.4. The van der Waals surface area contributed by atoms with Crippen LogP contribution in [0.1, 0.15) is 27.2 Å². The highest BCUT2D eigenvalue weighted by Crippen LogP contribution is 2.23. The summed E-state index contributed by atoms with van der Waals surface area (Å²) in [7, 11) is 0. The molecule has 0 spiro atoms. The standard InChI is InChI=1S/C10H17N3S/c1-4-8(3)14-10-6-9(11-5-2)12-7-13-10/h6-8H,4-5H2,1-3H3,(H,11,12,13). The van der Waals surface area contributed by atoms with Crippen LogP contribution in [0.3, 0.4) is 0 Å². The summed E-state index contributed by atoms with van der Waals surface area (Å²) in [6.07, 6.45) is 2.77. The average Bonchev–Trinajstić information content (AvgIpc) is 2.19.